The van der Waals surface area contributed by atoms with Gasteiger partial charge in [-0.05, 0) is 43.4 Å². The van der Waals surface area contributed by atoms with Crippen LogP contribution in [0.5, 0.6) is 0 Å². The Morgan fingerprint density at radius 2 is 1.55 bits per heavy atom. The van der Waals surface area contributed by atoms with Crippen LogP contribution in [-0.4, -0.2) is 60.0 Å². The maximum absolute atomic E-state index is 12.1. The molecule has 1 saturated heterocycles. The van der Waals surface area contributed by atoms with Crippen molar-refractivity contribution in [1.82, 2.24) is 0 Å². The summed E-state index contributed by atoms with van der Waals surface area (Å²) in [4.78, 5) is 47.7. The minimum atomic E-state index is -2.41. The van der Waals surface area contributed by atoms with Gasteiger partial charge in [-0.25, -0.2) is 0 Å². The van der Waals surface area contributed by atoms with Crippen molar-refractivity contribution in [2.24, 2.45) is 0 Å². The maximum atomic E-state index is 12.1. The molecule has 1 aliphatic heterocycles. The summed E-state index contributed by atoms with van der Waals surface area (Å²) in [5.41, 5.74) is 1.97. The summed E-state index contributed by atoms with van der Waals surface area (Å²) in [6, 6.07) is 4.65. The number of carbonyl (C=O) groups excluding carboxylic acids is 4. The van der Waals surface area contributed by atoms with E-state index in [0.717, 1.165) is 52.9 Å². The monoisotopic (exact) mass is 552 g/mol. The van der Waals surface area contributed by atoms with E-state index in [1.165, 1.54) is 18.6 Å². The summed E-state index contributed by atoms with van der Waals surface area (Å²) < 4.78 is 27.3. The van der Waals surface area contributed by atoms with Gasteiger partial charge < -0.3 is 28.8 Å². The summed E-state index contributed by atoms with van der Waals surface area (Å²) in [7, 11) is 0. The van der Waals surface area contributed by atoms with Gasteiger partial charge in [-0.3, -0.25) is 19.2 Å². The molecule has 11 heteroatoms. The van der Waals surface area contributed by atoms with Crippen LogP contribution in [0.25, 0.3) is 6.08 Å². The number of benzene rings is 1. The standard InChI is InChI=1S/C27H33ClO10/c1-15(29)34-14-23-24(35-16(2)30)25(36-17(3)31)26(37-18(4)32)27(33,38-23)21-10-11-22(28)20(13-21)12-19-8-6-5-7-9-19/h10-13,23-26,33H,5-9,14H2,1-4H3/t23-,24-,25+,26-,27-/m1/s1. The topological polar surface area (TPSA) is 135 Å². The average Bonchev–Trinajstić information content (AvgIpc) is 2.83. The van der Waals surface area contributed by atoms with E-state index >= 15 is 0 Å². The molecule has 1 aromatic rings. The Bertz CT molecular complexity index is 1090. The maximum Gasteiger partial charge on any atom is 0.303 e. The molecule has 1 N–H and O–H groups in total. The molecule has 10 nitrogen and oxygen atoms in total. The average molecular weight is 553 g/mol. The van der Waals surface area contributed by atoms with Crippen molar-refractivity contribution in [3.05, 3.63) is 39.9 Å². The second-order valence-electron chi connectivity index (χ2n) is 9.43. The lowest BCUT2D eigenvalue weighted by Gasteiger charge is -2.48. The van der Waals surface area contributed by atoms with Gasteiger partial charge in [-0.1, -0.05) is 35.7 Å². The van der Waals surface area contributed by atoms with Crippen molar-refractivity contribution < 1.29 is 48.0 Å². The third kappa shape index (κ3) is 7.33. The van der Waals surface area contributed by atoms with Crippen LogP contribution in [0.3, 0.4) is 0 Å². The van der Waals surface area contributed by atoms with Gasteiger partial charge >= 0.3 is 23.9 Å². The van der Waals surface area contributed by atoms with Crippen LogP contribution in [0, 0.1) is 0 Å². The smallest absolute Gasteiger partial charge is 0.303 e. The molecule has 1 heterocycles. The number of carbonyl (C=O) groups is 4. The van der Waals surface area contributed by atoms with Crippen LogP contribution in [0.4, 0.5) is 0 Å². The molecular formula is C27H33ClO10. The third-order valence-electron chi connectivity index (χ3n) is 6.32. The van der Waals surface area contributed by atoms with Crippen LogP contribution in [0.2, 0.25) is 5.02 Å². The Kier molecular flexibility index (Phi) is 9.92. The van der Waals surface area contributed by atoms with E-state index < -0.39 is 60.7 Å². The molecule has 38 heavy (non-hydrogen) atoms. The number of hydrogen-bond acceptors (Lipinski definition) is 10. The highest BCUT2D eigenvalue weighted by Crippen LogP contribution is 2.42. The molecule has 1 aromatic carbocycles. The number of rotatable bonds is 7. The quantitative estimate of drug-likeness (QED) is 0.395. The number of allylic oxidation sites excluding steroid dienone is 1. The van der Waals surface area contributed by atoms with Gasteiger partial charge in [0.1, 0.15) is 12.7 Å². The zero-order valence-electron chi connectivity index (χ0n) is 21.9. The fourth-order valence-electron chi connectivity index (χ4n) is 4.76. The highest BCUT2D eigenvalue weighted by molar-refractivity contribution is 6.32. The van der Waals surface area contributed by atoms with E-state index in [2.05, 4.69) is 0 Å². The first kappa shape index (κ1) is 29.6. The van der Waals surface area contributed by atoms with Crippen LogP contribution < -0.4 is 0 Å². The molecular weight excluding hydrogens is 520 g/mol. The fourth-order valence-corrected chi connectivity index (χ4v) is 4.93. The van der Waals surface area contributed by atoms with E-state index in [4.69, 9.17) is 35.3 Å². The number of esters is 4. The molecule has 1 aliphatic carbocycles. The lowest BCUT2D eigenvalue weighted by Crippen LogP contribution is -2.66. The Balaban J connectivity index is 2.14. The zero-order valence-corrected chi connectivity index (χ0v) is 22.6. The lowest BCUT2D eigenvalue weighted by atomic mass is 9.86. The predicted octanol–water partition coefficient (Wildman–Crippen LogP) is 3.59. The van der Waals surface area contributed by atoms with Crippen LogP contribution in [0.15, 0.2) is 23.8 Å². The Morgan fingerprint density at radius 1 is 0.947 bits per heavy atom. The third-order valence-corrected chi connectivity index (χ3v) is 6.66. The van der Waals surface area contributed by atoms with Crippen LogP contribution >= 0.6 is 11.6 Å². The summed E-state index contributed by atoms with van der Waals surface area (Å²) in [6.45, 7) is 4.06. The van der Waals surface area contributed by atoms with Gasteiger partial charge in [0.15, 0.2) is 12.2 Å². The first-order valence-corrected chi connectivity index (χ1v) is 12.8. The minimum Gasteiger partial charge on any atom is -0.463 e. The van der Waals surface area contributed by atoms with E-state index in [-0.39, 0.29) is 5.56 Å². The van der Waals surface area contributed by atoms with E-state index in [0.29, 0.717) is 10.6 Å². The summed E-state index contributed by atoms with van der Waals surface area (Å²) in [5.74, 6) is -5.43. The van der Waals surface area contributed by atoms with Gasteiger partial charge in [0.25, 0.3) is 0 Å². The molecule has 208 valence electrons. The van der Waals surface area contributed by atoms with Crippen molar-refractivity contribution in [2.75, 3.05) is 6.61 Å². The van der Waals surface area contributed by atoms with Gasteiger partial charge in [0.05, 0.1) is 0 Å². The second kappa shape index (κ2) is 12.7. The number of ether oxygens (including phenoxy) is 5. The number of hydrogen-bond donors (Lipinski definition) is 1. The van der Waals surface area contributed by atoms with Crippen LogP contribution in [0.1, 0.15) is 70.9 Å². The number of halogens is 1. The first-order valence-electron chi connectivity index (χ1n) is 12.5. The summed E-state index contributed by atoms with van der Waals surface area (Å²) in [5, 5.41) is 12.4. The SMILES string of the molecule is CC(=O)OC[C@H]1O[C@](O)(c2ccc(Cl)c(C=C3CCCCC3)c2)[C@H](OC(C)=O)[C@@H](OC(C)=O)[C@@H]1OC(C)=O. The van der Waals surface area contributed by atoms with E-state index in [1.54, 1.807) is 12.1 Å². The Labute approximate surface area is 226 Å². The Morgan fingerprint density at radius 3 is 2.13 bits per heavy atom. The highest BCUT2D eigenvalue weighted by Gasteiger charge is 2.60. The van der Waals surface area contributed by atoms with Crippen molar-refractivity contribution in [3.8, 4) is 0 Å². The van der Waals surface area contributed by atoms with Gasteiger partial charge in [-0.2, -0.15) is 0 Å². The largest absolute Gasteiger partial charge is 0.463 e. The molecule has 0 bridgehead atoms. The van der Waals surface area contributed by atoms with Crippen LogP contribution in [-0.2, 0) is 48.6 Å². The molecule has 2 fully saturated rings. The molecule has 5 atom stereocenters. The minimum absolute atomic E-state index is 0.141. The van der Waals surface area contributed by atoms with Crippen molar-refractivity contribution >= 4 is 41.6 Å². The molecule has 0 unspecified atom stereocenters. The molecule has 0 amide bonds. The zero-order chi connectivity index (χ0) is 28.0. The summed E-state index contributed by atoms with van der Waals surface area (Å²) >= 11 is 6.47. The van der Waals surface area contributed by atoms with Gasteiger partial charge in [-0.15, -0.1) is 0 Å². The summed E-state index contributed by atoms with van der Waals surface area (Å²) in [6.07, 6.45) is 1.30. The first-order chi connectivity index (χ1) is 17.9. The van der Waals surface area contributed by atoms with E-state index in [9.17, 15) is 24.3 Å². The van der Waals surface area contributed by atoms with E-state index in [1.807, 2.05) is 6.08 Å². The Hall–Kier alpha value is -2.95. The normalized spacial score (nSPS) is 27.2. The van der Waals surface area contributed by atoms with Crippen molar-refractivity contribution in [3.63, 3.8) is 0 Å². The fraction of sp³-hybridized carbons (Fsp3) is 0.556. The molecule has 0 radical (unpaired) electrons. The number of aliphatic hydroxyl groups is 1. The molecule has 2 aliphatic rings. The highest BCUT2D eigenvalue weighted by atomic mass is 35.5. The van der Waals surface area contributed by atoms with Crippen molar-refractivity contribution in [2.45, 2.75) is 90.0 Å². The predicted molar refractivity (Wildman–Crippen MR) is 135 cm³/mol. The molecule has 1 saturated carbocycles. The van der Waals surface area contributed by atoms with Gasteiger partial charge in [0.2, 0.25) is 11.9 Å². The second-order valence-corrected chi connectivity index (χ2v) is 9.84. The molecule has 0 aromatic heterocycles. The lowest BCUT2D eigenvalue weighted by molar-refractivity contribution is -0.360. The van der Waals surface area contributed by atoms with Crippen molar-refractivity contribution in [1.29, 1.82) is 0 Å². The molecule has 3 rings (SSSR count). The molecule has 0 spiro atoms. The van der Waals surface area contributed by atoms with Gasteiger partial charge in [0, 0.05) is 38.3 Å².